The highest BCUT2D eigenvalue weighted by molar-refractivity contribution is 5.24. The van der Waals surface area contributed by atoms with Crippen LogP contribution in [0.2, 0.25) is 0 Å². The van der Waals surface area contributed by atoms with Crippen LogP contribution in [0.3, 0.4) is 0 Å². The molecule has 1 aliphatic carbocycles. The minimum atomic E-state index is 0.119. The number of hydrogen-bond donors (Lipinski definition) is 2. The Balaban J connectivity index is 1.91. The van der Waals surface area contributed by atoms with E-state index in [9.17, 15) is 0 Å². The third-order valence-electron chi connectivity index (χ3n) is 2.46. The predicted octanol–water partition coefficient (Wildman–Crippen LogP) is 1.25. The molecule has 13 heavy (non-hydrogen) atoms. The Bertz CT molecular complexity index is 285. The van der Waals surface area contributed by atoms with Crippen molar-refractivity contribution in [3.05, 3.63) is 0 Å². The number of nitrogen functional groups attached to an aromatic ring is 1. The van der Waals surface area contributed by atoms with E-state index < -0.39 is 0 Å². The van der Waals surface area contributed by atoms with Gasteiger partial charge >= 0.3 is 12.0 Å². The minimum Gasteiger partial charge on any atom is -0.390 e. The Kier molecular flexibility index (Phi) is 2.08. The van der Waals surface area contributed by atoms with Crippen molar-refractivity contribution in [3.63, 3.8) is 0 Å². The van der Waals surface area contributed by atoms with E-state index in [0.29, 0.717) is 12.1 Å². The number of anilines is 2. The van der Waals surface area contributed by atoms with E-state index in [1.165, 1.54) is 19.3 Å². The van der Waals surface area contributed by atoms with Crippen LogP contribution in [-0.2, 0) is 0 Å². The predicted molar refractivity (Wildman–Crippen MR) is 49.1 cm³/mol. The van der Waals surface area contributed by atoms with Crippen molar-refractivity contribution in [1.29, 1.82) is 0 Å². The van der Waals surface area contributed by atoms with Gasteiger partial charge in [0.1, 0.15) is 0 Å². The second-order valence-electron chi connectivity index (χ2n) is 3.70. The summed E-state index contributed by atoms with van der Waals surface area (Å²) in [5.41, 5.74) is 5.30. The summed E-state index contributed by atoms with van der Waals surface area (Å²) in [6, 6.07) is 1.03. The van der Waals surface area contributed by atoms with E-state index in [2.05, 4.69) is 22.4 Å². The van der Waals surface area contributed by atoms with Crippen molar-refractivity contribution >= 4 is 12.0 Å². The molecule has 72 valence electrons. The topological polar surface area (TPSA) is 77.0 Å². The van der Waals surface area contributed by atoms with Crippen molar-refractivity contribution in [2.45, 2.75) is 32.2 Å². The number of rotatable bonds is 2. The fourth-order valence-electron chi connectivity index (χ4n) is 1.81. The third-order valence-corrected chi connectivity index (χ3v) is 2.46. The Hall–Kier alpha value is -1.26. The van der Waals surface area contributed by atoms with E-state index in [1.54, 1.807) is 0 Å². The van der Waals surface area contributed by atoms with Gasteiger partial charge in [-0.25, -0.2) is 0 Å². The van der Waals surface area contributed by atoms with Gasteiger partial charge in [-0.15, -0.1) is 0 Å². The van der Waals surface area contributed by atoms with Gasteiger partial charge in [0.15, 0.2) is 0 Å². The van der Waals surface area contributed by atoms with Crippen molar-refractivity contribution in [2.24, 2.45) is 5.92 Å². The standard InChI is InChI=1S/C8H14N4O/c1-5-2-3-6(4-5)10-8-12-11-7(9)13-8/h5-6H,2-4H2,1H3,(H2,9,11)(H,10,12). The first-order valence-corrected chi connectivity index (χ1v) is 4.59. The van der Waals surface area contributed by atoms with Crippen LogP contribution in [0.4, 0.5) is 12.0 Å². The summed E-state index contributed by atoms with van der Waals surface area (Å²) in [5.74, 6) is 0.790. The van der Waals surface area contributed by atoms with Crippen LogP contribution >= 0.6 is 0 Å². The van der Waals surface area contributed by atoms with Gasteiger partial charge in [0.25, 0.3) is 0 Å². The van der Waals surface area contributed by atoms with Gasteiger partial charge in [0, 0.05) is 6.04 Å². The minimum absolute atomic E-state index is 0.119. The summed E-state index contributed by atoms with van der Waals surface area (Å²) >= 11 is 0. The van der Waals surface area contributed by atoms with Crippen LogP contribution in [-0.4, -0.2) is 16.2 Å². The van der Waals surface area contributed by atoms with Crippen molar-refractivity contribution in [2.75, 3.05) is 11.1 Å². The highest BCUT2D eigenvalue weighted by atomic mass is 16.4. The van der Waals surface area contributed by atoms with Crippen molar-refractivity contribution < 1.29 is 4.42 Å². The number of hydrogen-bond acceptors (Lipinski definition) is 5. The molecule has 1 aromatic heterocycles. The van der Waals surface area contributed by atoms with E-state index in [4.69, 9.17) is 10.2 Å². The lowest BCUT2D eigenvalue weighted by Crippen LogP contribution is -2.15. The number of aromatic nitrogens is 2. The summed E-state index contributed by atoms with van der Waals surface area (Å²) in [5, 5.41) is 10.5. The fourth-order valence-corrected chi connectivity index (χ4v) is 1.81. The molecule has 1 aliphatic rings. The molecule has 1 aromatic rings. The Labute approximate surface area is 76.7 Å². The fraction of sp³-hybridized carbons (Fsp3) is 0.750. The van der Waals surface area contributed by atoms with Crippen LogP contribution in [0, 0.1) is 5.92 Å². The maximum atomic E-state index is 5.30. The highest BCUT2D eigenvalue weighted by Crippen LogP contribution is 2.27. The number of nitrogens with two attached hydrogens (primary N) is 1. The lowest BCUT2D eigenvalue weighted by molar-refractivity contribution is 0.562. The molecule has 5 nitrogen and oxygen atoms in total. The Morgan fingerprint density at radius 3 is 2.85 bits per heavy atom. The molecule has 2 rings (SSSR count). The average molecular weight is 182 g/mol. The summed E-state index contributed by atoms with van der Waals surface area (Å²) in [6.45, 7) is 2.25. The summed E-state index contributed by atoms with van der Waals surface area (Å²) in [4.78, 5) is 0. The second-order valence-corrected chi connectivity index (χ2v) is 3.70. The van der Waals surface area contributed by atoms with Gasteiger partial charge in [-0.3, -0.25) is 0 Å². The molecule has 1 heterocycles. The van der Waals surface area contributed by atoms with Crippen molar-refractivity contribution in [1.82, 2.24) is 10.2 Å². The monoisotopic (exact) mass is 182 g/mol. The summed E-state index contributed by atoms with van der Waals surface area (Å²) in [6.07, 6.45) is 3.60. The molecule has 2 atom stereocenters. The molecule has 1 saturated carbocycles. The first-order valence-electron chi connectivity index (χ1n) is 4.59. The molecular formula is C8H14N4O. The van der Waals surface area contributed by atoms with Gasteiger partial charge in [0.2, 0.25) is 0 Å². The molecule has 3 N–H and O–H groups in total. The van der Waals surface area contributed by atoms with Gasteiger partial charge < -0.3 is 15.5 Å². The summed E-state index contributed by atoms with van der Waals surface area (Å²) < 4.78 is 5.03. The molecule has 1 fully saturated rings. The van der Waals surface area contributed by atoms with E-state index in [1.807, 2.05) is 0 Å². The SMILES string of the molecule is CC1CCC(Nc2nnc(N)o2)C1. The Morgan fingerprint density at radius 2 is 2.31 bits per heavy atom. The molecule has 0 bridgehead atoms. The lowest BCUT2D eigenvalue weighted by atomic mass is 10.1. The summed E-state index contributed by atoms with van der Waals surface area (Å²) in [7, 11) is 0. The van der Waals surface area contributed by atoms with E-state index >= 15 is 0 Å². The van der Waals surface area contributed by atoms with Gasteiger partial charge in [-0.1, -0.05) is 17.1 Å². The van der Waals surface area contributed by atoms with Crippen LogP contribution in [0.1, 0.15) is 26.2 Å². The van der Waals surface area contributed by atoms with Crippen LogP contribution in [0.5, 0.6) is 0 Å². The molecule has 0 aromatic carbocycles. The van der Waals surface area contributed by atoms with Gasteiger partial charge in [-0.2, -0.15) is 0 Å². The van der Waals surface area contributed by atoms with E-state index in [0.717, 1.165) is 5.92 Å². The number of nitrogens with one attached hydrogen (secondary N) is 1. The number of nitrogens with zero attached hydrogens (tertiary/aromatic N) is 2. The van der Waals surface area contributed by atoms with Crippen LogP contribution < -0.4 is 11.1 Å². The first-order chi connectivity index (χ1) is 6.24. The van der Waals surface area contributed by atoms with Gasteiger partial charge in [0.05, 0.1) is 0 Å². The molecule has 0 saturated heterocycles. The first kappa shape index (κ1) is 8.34. The normalized spacial score (nSPS) is 27.8. The van der Waals surface area contributed by atoms with Crippen molar-refractivity contribution in [3.8, 4) is 0 Å². The van der Waals surface area contributed by atoms with Crippen LogP contribution in [0.15, 0.2) is 4.42 Å². The smallest absolute Gasteiger partial charge is 0.317 e. The molecule has 0 spiro atoms. The van der Waals surface area contributed by atoms with E-state index in [-0.39, 0.29) is 6.01 Å². The third kappa shape index (κ3) is 1.91. The molecule has 0 radical (unpaired) electrons. The lowest BCUT2D eigenvalue weighted by Gasteiger charge is -2.08. The quantitative estimate of drug-likeness (QED) is 0.719. The average Bonchev–Trinajstić information content (AvgIpc) is 2.62. The zero-order valence-corrected chi connectivity index (χ0v) is 7.66. The van der Waals surface area contributed by atoms with Crippen LogP contribution in [0.25, 0.3) is 0 Å². The highest BCUT2D eigenvalue weighted by Gasteiger charge is 2.22. The molecule has 0 amide bonds. The molecule has 5 heteroatoms. The maximum absolute atomic E-state index is 5.30. The van der Waals surface area contributed by atoms with Gasteiger partial charge in [-0.05, 0) is 25.2 Å². The molecule has 0 aliphatic heterocycles. The maximum Gasteiger partial charge on any atom is 0.317 e. The molecular weight excluding hydrogens is 168 g/mol. The second kappa shape index (κ2) is 3.24. The molecule has 2 unspecified atom stereocenters. The zero-order chi connectivity index (χ0) is 9.26. The zero-order valence-electron chi connectivity index (χ0n) is 7.66. The largest absolute Gasteiger partial charge is 0.390 e. The Morgan fingerprint density at radius 1 is 1.46 bits per heavy atom.